The molecule has 1 aromatic rings. The number of hydrogen-bond donors (Lipinski definition) is 3. The minimum atomic E-state index is -1.29. The number of carbonyl (C=O) groups excluding carboxylic acids is 1. The van der Waals surface area contributed by atoms with Gasteiger partial charge in [0.1, 0.15) is 0 Å². The fraction of sp³-hybridized carbons (Fsp3) is 0.364. The largest absolute Gasteiger partial charge is 0.366 e. The maximum absolute atomic E-state index is 11.2. The topological polar surface area (TPSA) is 102 Å². The molecule has 0 saturated heterocycles. The van der Waals surface area contributed by atoms with Crippen molar-refractivity contribution in [2.45, 2.75) is 12.6 Å². The third-order valence-electron chi connectivity index (χ3n) is 2.34. The normalized spacial score (nSPS) is 14.4. The van der Waals surface area contributed by atoms with Crippen molar-refractivity contribution < 1.29 is 24.5 Å². The number of carbonyl (C=O) groups is 1. The van der Waals surface area contributed by atoms with Gasteiger partial charge in [-0.3, -0.25) is 4.79 Å². The first-order chi connectivity index (χ1) is 8.01. The van der Waals surface area contributed by atoms with Crippen molar-refractivity contribution >= 4 is 5.91 Å². The lowest BCUT2D eigenvalue weighted by atomic mass is 10.0. The van der Waals surface area contributed by atoms with Gasteiger partial charge in [-0.25, -0.2) is 0 Å². The molecule has 0 heterocycles. The van der Waals surface area contributed by atoms with E-state index >= 15 is 0 Å². The van der Waals surface area contributed by atoms with Crippen LogP contribution < -0.4 is 5.73 Å². The molecule has 94 valence electrons. The highest BCUT2D eigenvalue weighted by atomic mass is 16.6. The van der Waals surface area contributed by atoms with Crippen molar-refractivity contribution in [3.63, 3.8) is 0 Å². The Hall–Kier alpha value is -1.47. The van der Waals surface area contributed by atoms with Gasteiger partial charge < -0.3 is 25.4 Å². The molecule has 0 saturated carbocycles. The Morgan fingerprint density at radius 3 is 2.29 bits per heavy atom. The van der Waals surface area contributed by atoms with E-state index in [0.717, 1.165) is 0 Å². The van der Waals surface area contributed by atoms with E-state index in [0.29, 0.717) is 5.56 Å². The molecule has 0 aliphatic carbocycles. The Balaban J connectivity index is 3.23. The predicted octanol–water partition coefficient (Wildman–Crippen LogP) is 0.0601. The standard InChI is InChI=1S/C11H15NO5/c1-16-10(14)6-3-4-7(9(12)13)8(5-6)11(15)17-2/h3-5,10-11,14-15H,1-2H3,(H2,12,13). The van der Waals surface area contributed by atoms with Crippen LogP contribution in [0.15, 0.2) is 18.2 Å². The number of primary amides is 1. The zero-order chi connectivity index (χ0) is 13.0. The quantitative estimate of drug-likeness (QED) is 0.633. The average molecular weight is 241 g/mol. The second kappa shape index (κ2) is 5.74. The molecule has 1 amide bonds. The number of amides is 1. The van der Waals surface area contributed by atoms with E-state index in [-0.39, 0.29) is 11.1 Å². The summed E-state index contributed by atoms with van der Waals surface area (Å²) in [5, 5.41) is 19.1. The van der Waals surface area contributed by atoms with Crippen LogP contribution in [0.4, 0.5) is 0 Å². The van der Waals surface area contributed by atoms with Gasteiger partial charge in [-0.05, 0) is 12.1 Å². The lowest BCUT2D eigenvalue weighted by Gasteiger charge is -2.16. The molecule has 0 aromatic heterocycles. The molecule has 0 fully saturated rings. The van der Waals surface area contributed by atoms with Gasteiger partial charge in [0.05, 0.1) is 0 Å². The van der Waals surface area contributed by atoms with Gasteiger partial charge >= 0.3 is 0 Å². The molecule has 0 bridgehead atoms. The first-order valence-corrected chi connectivity index (χ1v) is 4.86. The van der Waals surface area contributed by atoms with Crippen LogP contribution in [0.5, 0.6) is 0 Å². The molecule has 6 nitrogen and oxygen atoms in total. The monoisotopic (exact) mass is 241 g/mol. The summed E-state index contributed by atoms with van der Waals surface area (Å²) in [6.45, 7) is 0. The molecule has 0 aliphatic heterocycles. The van der Waals surface area contributed by atoms with Crippen LogP contribution in [0.3, 0.4) is 0 Å². The smallest absolute Gasteiger partial charge is 0.249 e. The van der Waals surface area contributed by atoms with Gasteiger partial charge in [0.2, 0.25) is 5.91 Å². The van der Waals surface area contributed by atoms with Gasteiger partial charge in [0.15, 0.2) is 12.6 Å². The van der Waals surface area contributed by atoms with Crippen LogP contribution in [-0.2, 0) is 9.47 Å². The molecule has 1 rings (SSSR count). The SMILES string of the molecule is COC(O)c1ccc(C(N)=O)c(C(O)OC)c1. The Bertz CT molecular complexity index is 407. The number of benzene rings is 1. The summed E-state index contributed by atoms with van der Waals surface area (Å²) in [7, 11) is 2.62. The van der Waals surface area contributed by atoms with Crippen molar-refractivity contribution in [3.05, 3.63) is 34.9 Å². The maximum atomic E-state index is 11.2. The third kappa shape index (κ3) is 3.01. The van der Waals surface area contributed by atoms with Crippen molar-refractivity contribution in [3.8, 4) is 0 Å². The maximum Gasteiger partial charge on any atom is 0.249 e. The number of ether oxygens (including phenoxy) is 2. The van der Waals surface area contributed by atoms with E-state index in [1.54, 1.807) is 0 Å². The summed E-state index contributed by atoms with van der Waals surface area (Å²) in [5.41, 5.74) is 5.88. The summed E-state index contributed by atoms with van der Waals surface area (Å²) in [6.07, 6.45) is -2.43. The van der Waals surface area contributed by atoms with Crippen LogP contribution >= 0.6 is 0 Å². The lowest BCUT2D eigenvalue weighted by molar-refractivity contribution is -0.0818. The van der Waals surface area contributed by atoms with E-state index in [2.05, 4.69) is 0 Å². The number of hydrogen-bond acceptors (Lipinski definition) is 5. The molecule has 0 radical (unpaired) electrons. The number of nitrogens with two attached hydrogens (primary N) is 1. The van der Waals surface area contributed by atoms with Crippen LogP contribution in [0.2, 0.25) is 0 Å². The van der Waals surface area contributed by atoms with Crippen LogP contribution in [0.1, 0.15) is 34.1 Å². The highest BCUT2D eigenvalue weighted by Gasteiger charge is 2.18. The second-order valence-corrected chi connectivity index (χ2v) is 3.39. The molecular weight excluding hydrogens is 226 g/mol. The van der Waals surface area contributed by atoms with Crippen LogP contribution in [0.25, 0.3) is 0 Å². The molecular formula is C11H15NO5. The number of rotatable bonds is 5. The molecule has 2 unspecified atom stereocenters. The number of aliphatic hydroxyl groups excluding tert-OH is 2. The van der Waals surface area contributed by atoms with Gasteiger partial charge in [-0.15, -0.1) is 0 Å². The zero-order valence-corrected chi connectivity index (χ0v) is 9.58. The van der Waals surface area contributed by atoms with Crippen molar-refractivity contribution in [1.82, 2.24) is 0 Å². The number of methoxy groups -OCH3 is 2. The number of aliphatic hydroxyl groups is 2. The van der Waals surface area contributed by atoms with Gasteiger partial charge in [-0.1, -0.05) is 6.07 Å². The summed E-state index contributed by atoms with van der Waals surface area (Å²) >= 11 is 0. The molecule has 17 heavy (non-hydrogen) atoms. The van der Waals surface area contributed by atoms with Gasteiger partial charge in [0.25, 0.3) is 0 Å². The van der Waals surface area contributed by atoms with E-state index in [1.807, 2.05) is 0 Å². The highest BCUT2D eigenvalue weighted by molar-refractivity contribution is 5.94. The Labute approximate surface area is 98.6 Å². The fourth-order valence-electron chi connectivity index (χ4n) is 1.43. The first kappa shape index (κ1) is 13.6. The van der Waals surface area contributed by atoms with Crippen molar-refractivity contribution in [2.75, 3.05) is 14.2 Å². The highest BCUT2D eigenvalue weighted by Crippen LogP contribution is 2.23. The van der Waals surface area contributed by atoms with Crippen LogP contribution in [0, 0.1) is 0 Å². The molecule has 4 N–H and O–H groups in total. The van der Waals surface area contributed by atoms with E-state index in [1.165, 1.54) is 32.4 Å². The van der Waals surface area contributed by atoms with Crippen molar-refractivity contribution in [2.24, 2.45) is 5.73 Å². The van der Waals surface area contributed by atoms with Gasteiger partial charge in [-0.2, -0.15) is 0 Å². The van der Waals surface area contributed by atoms with E-state index in [9.17, 15) is 15.0 Å². The fourth-order valence-corrected chi connectivity index (χ4v) is 1.43. The van der Waals surface area contributed by atoms with E-state index < -0.39 is 18.5 Å². The Kier molecular flexibility index (Phi) is 4.59. The Morgan fingerprint density at radius 2 is 1.82 bits per heavy atom. The summed E-state index contributed by atoms with van der Waals surface area (Å²) in [4.78, 5) is 11.2. The average Bonchev–Trinajstić information content (AvgIpc) is 2.35. The van der Waals surface area contributed by atoms with Crippen molar-refractivity contribution in [1.29, 1.82) is 0 Å². The molecule has 2 atom stereocenters. The van der Waals surface area contributed by atoms with Crippen LogP contribution in [-0.4, -0.2) is 30.3 Å². The lowest BCUT2D eigenvalue weighted by Crippen LogP contribution is -2.17. The molecule has 1 aromatic carbocycles. The zero-order valence-electron chi connectivity index (χ0n) is 9.58. The molecule has 6 heteroatoms. The van der Waals surface area contributed by atoms with Gasteiger partial charge in [0, 0.05) is 30.9 Å². The second-order valence-electron chi connectivity index (χ2n) is 3.39. The van der Waals surface area contributed by atoms with E-state index in [4.69, 9.17) is 15.2 Å². The summed E-state index contributed by atoms with van der Waals surface area (Å²) in [5.74, 6) is -0.686. The summed E-state index contributed by atoms with van der Waals surface area (Å²) < 4.78 is 9.44. The third-order valence-corrected chi connectivity index (χ3v) is 2.34. The minimum absolute atomic E-state index is 0.131. The predicted molar refractivity (Wildman–Crippen MR) is 58.9 cm³/mol. The first-order valence-electron chi connectivity index (χ1n) is 4.86. The Morgan fingerprint density at radius 1 is 1.24 bits per heavy atom. The molecule has 0 aliphatic rings. The molecule has 0 spiro atoms. The minimum Gasteiger partial charge on any atom is -0.366 e. The summed E-state index contributed by atoms with van der Waals surface area (Å²) in [6, 6.07) is 4.29.